The van der Waals surface area contributed by atoms with Gasteiger partial charge in [-0.15, -0.1) is 0 Å². The maximum absolute atomic E-state index is 12.2. The van der Waals surface area contributed by atoms with E-state index in [-0.39, 0.29) is 5.91 Å². The maximum Gasteiger partial charge on any atom is 0.224 e. The van der Waals surface area contributed by atoms with Crippen LogP contribution in [0.15, 0.2) is 30.4 Å². The highest BCUT2D eigenvalue weighted by molar-refractivity contribution is 5.93. The molecule has 29 heavy (non-hydrogen) atoms. The van der Waals surface area contributed by atoms with Gasteiger partial charge < -0.3 is 10.1 Å². The third kappa shape index (κ3) is 12.4. The Morgan fingerprint density at radius 1 is 0.897 bits per heavy atom. The number of nitrogens with one attached hydrogen (secondary N) is 1. The van der Waals surface area contributed by atoms with E-state index >= 15 is 0 Å². The van der Waals surface area contributed by atoms with Crippen LogP contribution in [0.25, 0.3) is 0 Å². The van der Waals surface area contributed by atoms with Gasteiger partial charge in [0.2, 0.25) is 5.91 Å². The largest absolute Gasteiger partial charge is 0.495 e. The third-order valence-electron chi connectivity index (χ3n) is 5.38. The van der Waals surface area contributed by atoms with Gasteiger partial charge >= 0.3 is 0 Å². The van der Waals surface area contributed by atoms with Gasteiger partial charge in [-0.2, -0.15) is 0 Å². The number of ether oxygens (including phenoxy) is 1. The number of benzene rings is 1. The second-order valence-corrected chi connectivity index (χ2v) is 8.03. The van der Waals surface area contributed by atoms with Crippen molar-refractivity contribution in [3.05, 3.63) is 35.9 Å². The van der Waals surface area contributed by atoms with Crippen molar-refractivity contribution in [2.75, 3.05) is 12.4 Å². The molecular weight excluding hydrogens is 358 g/mol. The molecular formula is C26H43NO2. The number of para-hydroxylation sites is 1. The Kier molecular flexibility index (Phi) is 14.9. The summed E-state index contributed by atoms with van der Waals surface area (Å²) in [4.78, 5) is 12.2. The number of hydrogen-bond acceptors (Lipinski definition) is 2. The highest BCUT2D eigenvalue weighted by Gasteiger charge is 2.09. The Morgan fingerprint density at radius 2 is 1.48 bits per heavy atom. The normalized spacial score (nSPS) is 11.1. The molecule has 164 valence electrons. The van der Waals surface area contributed by atoms with Crippen molar-refractivity contribution in [1.82, 2.24) is 0 Å². The first-order valence-electron chi connectivity index (χ1n) is 11.8. The molecule has 0 saturated heterocycles. The van der Waals surface area contributed by atoms with Crippen LogP contribution in [0.1, 0.15) is 102 Å². The number of rotatable bonds is 17. The lowest BCUT2D eigenvalue weighted by Crippen LogP contribution is -2.13. The molecule has 0 bridgehead atoms. The van der Waals surface area contributed by atoms with Gasteiger partial charge in [-0.25, -0.2) is 0 Å². The van der Waals surface area contributed by atoms with Gasteiger partial charge in [0.25, 0.3) is 0 Å². The number of hydrogen-bond donors (Lipinski definition) is 1. The smallest absolute Gasteiger partial charge is 0.224 e. The van der Waals surface area contributed by atoms with Crippen LogP contribution in [-0.4, -0.2) is 13.0 Å². The maximum atomic E-state index is 12.2. The number of carbonyl (C=O) groups excluding carboxylic acids is 1. The number of carbonyl (C=O) groups is 1. The number of methoxy groups -OCH3 is 1. The van der Waals surface area contributed by atoms with E-state index in [1.807, 2.05) is 25.1 Å². The molecule has 3 nitrogen and oxygen atoms in total. The lowest BCUT2D eigenvalue weighted by atomic mass is 10.1. The van der Waals surface area contributed by atoms with Crippen LogP contribution >= 0.6 is 0 Å². The fourth-order valence-electron chi connectivity index (χ4n) is 3.53. The van der Waals surface area contributed by atoms with Gasteiger partial charge in [0.15, 0.2) is 0 Å². The predicted octanol–water partition coefficient (Wildman–Crippen LogP) is 7.98. The Hall–Kier alpha value is -1.77. The van der Waals surface area contributed by atoms with Gasteiger partial charge in [-0.05, 0) is 50.7 Å². The van der Waals surface area contributed by atoms with E-state index in [1.54, 1.807) is 7.11 Å². The Morgan fingerprint density at radius 3 is 2.10 bits per heavy atom. The standard InChI is InChI=1S/C26H43NO2/c1-4-5-6-7-8-9-10-11-12-13-14-15-16-17-18-22-25(28)27-26-23(2)20-19-21-24(26)29-3/h11-12,19-21H,4-10,13-18,22H2,1-3H3,(H,27,28)/b12-11-. The minimum atomic E-state index is 0.0789. The van der Waals surface area contributed by atoms with Crippen LogP contribution in [0.2, 0.25) is 0 Å². The molecule has 0 aromatic heterocycles. The number of unbranched alkanes of at least 4 members (excludes halogenated alkanes) is 11. The first-order chi connectivity index (χ1) is 14.2. The second kappa shape index (κ2) is 17.1. The van der Waals surface area contributed by atoms with Gasteiger partial charge in [0.05, 0.1) is 12.8 Å². The Bertz CT molecular complexity index is 580. The molecule has 1 amide bonds. The highest BCUT2D eigenvalue weighted by Crippen LogP contribution is 2.27. The first kappa shape index (κ1) is 25.3. The third-order valence-corrected chi connectivity index (χ3v) is 5.38. The van der Waals surface area contributed by atoms with Crippen molar-refractivity contribution >= 4 is 11.6 Å². The van der Waals surface area contributed by atoms with Crippen LogP contribution in [0.3, 0.4) is 0 Å². The van der Waals surface area contributed by atoms with Crippen molar-refractivity contribution < 1.29 is 9.53 Å². The Labute approximate surface area is 179 Å². The molecule has 0 aliphatic rings. The summed E-state index contributed by atoms with van der Waals surface area (Å²) in [7, 11) is 1.63. The molecule has 1 rings (SSSR count). The molecule has 1 N–H and O–H groups in total. The van der Waals surface area contributed by atoms with Crippen molar-refractivity contribution in [1.29, 1.82) is 0 Å². The van der Waals surface area contributed by atoms with Crippen LogP contribution < -0.4 is 10.1 Å². The molecule has 0 unspecified atom stereocenters. The van der Waals surface area contributed by atoms with Crippen molar-refractivity contribution in [2.24, 2.45) is 0 Å². The average molecular weight is 402 g/mol. The van der Waals surface area contributed by atoms with E-state index in [2.05, 4.69) is 24.4 Å². The predicted molar refractivity (Wildman–Crippen MR) is 126 cm³/mol. The average Bonchev–Trinajstić information content (AvgIpc) is 2.72. The Balaban J connectivity index is 1.98. The van der Waals surface area contributed by atoms with Crippen molar-refractivity contribution in [3.63, 3.8) is 0 Å². The molecule has 0 saturated carbocycles. The van der Waals surface area contributed by atoms with E-state index in [1.165, 1.54) is 70.6 Å². The lowest BCUT2D eigenvalue weighted by Gasteiger charge is -2.12. The molecule has 0 fully saturated rings. The van der Waals surface area contributed by atoms with Gasteiger partial charge in [0.1, 0.15) is 5.75 Å². The van der Waals surface area contributed by atoms with E-state index in [4.69, 9.17) is 4.74 Å². The molecule has 0 atom stereocenters. The summed E-state index contributed by atoms with van der Waals surface area (Å²) in [6.07, 6.45) is 21.8. The minimum Gasteiger partial charge on any atom is -0.495 e. The van der Waals surface area contributed by atoms with Crippen LogP contribution in [0.4, 0.5) is 5.69 Å². The summed E-state index contributed by atoms with van der Waals surface area (Å²) in [6.45, 7) is 4.25. The molecule has 1 aromatic carbocycles. The van der Waals surface area contributed by atoms with E-state index in [0.717, 1.165) is 29.8 Å². The van der Waals surface area contributed by atoms with Crippen LogP contribution in [0, 0.1) is 6.92 Å². The van der Waals surface area contributed by atoms with Gasteiger partial charge in [-0.3, -0.25) is 4.79 Å². The summed E-state index contributed by atoms with van der Waals surface area (Å²) in [5.74, 6) is 0.804. The number of anilines is 1. The zero-order valence-corrected chi connectivity index (χ0v) is 19.1. The van der Waals surface area contributed by atoms with Crippen molar-refractivity contribution in [3.8, 4) is 5.75 Å². The number of aryl methyl sites for hydroxylation is 1. The van der Waals surface area contributed by atoms with E-state index in [9.17, 15) is 4.79 Å². The van der Waals surface area contributed by atoms with E-state index in [0.29, 0.717) is 6.42 Å². The molecule has 0 aliphatic heterocycles. The molecule has 0 spiro atoms. The molecule has 0 radical (unpaired) electrons. The summed E-state index contributed by atoms with van der Waals surface area (Å²) in [6, 6.07) is 5.80. The summed E-state index contributed by atoms with van der Waals surface area (Å²) in [5.41, 5.74) is 1.83. The number of allylic oxidation sites excluding steroid dienone is 2. The van der Waals surface area contributed by atoms with Crippen molar-refractivity contribution in [2.45, 2.75) is 104 Å². The summed E-state index contributed by atoms with van der Waals surface area (Å²) < 4.78 is 5.34. The SMILES string of the molecule is CCCCCCCC/C=C\CCCCCCCC(=O)Nc1c(C)cccc1OC. The van der Waals surface area contributed by atoms with E-state index < -0.39 is 0 Å². The lowest BCUT2D eigenvalue weighted by molar-refractivity contribution is -0.116. The second-order valence-electron chi connectivity index (χ2n) is 8.03. The highest BCUT2D eigenvalue weighted by atomic mass is 16.5. The zero-order chi connectivity index (χ0) is 21.2. The molecule has 3 heteroatoms. The molecule has 1 aromatic rings. The zero-order valence-electron chi connectivity index (χ0n) is 19.1. The summed E-state index contributed by atoms with van der Waals surface area (Å²) in [5, 5.41) is 3.01. The molecule has 0 aliphatic carbocycles. The van der Waals surface area contributed by atoms with Crippen LogP contribution in [0.5, 0.6) is 5.75 Å². The van der Waals surface area contributed by atoms with Gasteiger partial charge in [0, 0.05) is 6.42 Å². The molecule has 0 heterocycles. The quantitative estimate of drug-likeness (QED) is 0.212. The topological polar surface area (TPSA) is 38.3 Å². The fourth-order valence-corrected chi connectivity index (χ4v) is 3.53. The number of amides is 1. The fraction of sp³-hybridized carbons (Fsp3) is 0.654. The van der Waals surface area contributed by atoms with Gasteiger partial charge in [-0.1, -0.05) is 82.6 Å². The summed E-state index contributed by atoms with van der Waals surface area (Å²) >= 11 is 0. The minimum absolute atomic E-state index is 0.0789. The monoisotopic (exact) mass is 401 g/mol. The first-order valence-corrected chi connectivity index (χ1v) is 11.8. The van der Waals surface area contributed by atoms with Crippen LogP contribution in [-0.2, 0) is 4.79 Å².